The molecule has 0 saturated carbocycles. The summed E-state index contributed by atoms with van der Waals surface area (Å²) < 4.78 is 6.61. The Balaban J connectivity index is 1.79. The first-order chi connectivity index (χ1) is 16.6. The molecule has 0 heterocycles. The molecule has 0 radical (unpaired) electrons. The Kier molecular flexibility index (Phi) is 5.36. The van der Waals surface area contributed by atoms with Gasteiger partial charge in [0, 0.05) is 0 Å². The van der Waals surface area contributed by atoms with Gasteiger partial charge in [-0.25, -0.2) is 0 Å². The van der Waals surface area contributed by atoms with Crippen LogP contribution in [0.15, 0.2) is 121 Å². The van der Waals surface area contributed by atoms with Gasteiger partial charge in [0.1, 0.15) is 0 Å². The van der Waals surface area contributed by atoms with Gasteiger partial charge in [0.2, 0.25) is 0 Å². The summed E-state index contributed by atoms with van der Waals surface area (Å²) in [6.45, 7) is 0. The predicted molar refractivity (Wildman–Crippen MR) is 146 cm³/mol. The van der Waals surface area contributed by atoms with Crippen LogP contribution in [0.1, 0.15) is 29.5 Å². The molecule has 166 valence electrons. The molecular formula is C32H30SiZr. The van der Waals surface area contributed by atoms with E-state index in [4.69, 9.17) is 0 Å². The average Bonchev–Trinajstić information content (AvgIpc) is 3.51. The van der Waals surface area contributed by atoms with Crippen LogP contribution < -0.4 is 10.4 Å². The number of hydrogen-bond acceptors (Lipinski definition) is 0. The van der Waals surface area contributed by atoms with Gasteiger partial charge in [0.05, 0.1) is 0 Å². The zero-order valence-corrected chi connectivity index (χ0v) is 23.3. The molecule has 0 nitrogen and oxygen atoms in total. The summed E-state index contributed by atoms with van der Waals surface area (Å²) in [4.78, 5) is 0. The van der Waals surface area contributed by atoms with Crippen LogP contribution in [0.5, 0.6) is 0 Å². The topological polar surface area (TPSA) is 0 Å². The molecular weight excluding hydrogens is 504 g/mol. The van der Waals surface area contributed by atoms with E-state index in [0.29, 0.717) is 7.25 Å². The summed E-state index contributed by atoms with van der Waals surface area (Å²) in [6.07, 6.45) is 9.98. The van der Waals surface area contributed by atoms with Crippen molar-refractivity contribution in [3.05, 3.63) is 144 Å². The molecule has 4 aromatic carbocycles. The normalized spacial score (nSPS) is 18.6. The van der Waals surface area contributed by atoms with Crippen LogP contribution in [0.2, 0.25) is 9.26 Å². The van der Waals surface area contributed by atoms with Crippen molar-refractivity contribution < 1.29 is 17.4 Å². The van der Waals surface area contributed by atoms with Crippen LogP contribution in [-0.4, -0.2) is 5.43 Å². The van der Waals surface area contributed by atoms with E-state index in [1.54, 1.807) is 21.5 Å². The summed E-state index contributed by atoms with van der Waals surface area (Å²) >= 11 is -3.85. The molecule has 0 N–H and O–H groups in total. The second-order valence-corrected chi connectivity index (χ2v) is 41.5. The van der Waals surface area contributed by atoms with E-state index in [9.17, 15) is 0 Å². The predicted octanol–water partition coefficient (Wildman–Crippen LogP) is 7.11. The molecule has 2 unspecified atom stereocenters. The van der Waals surface area contributed by atoms with Crippen molar-refractivity contribution in [3.8, 4) is 0 Å². The zero-order valence-electron chi connectivity index (χ0n) is 19.9. The van der Waals surface area contributed by atoms with Crippen molar-refractivity contribution in [1.29, 1.82) is 0 Å². The van der Waals surface area contributed by atoms with Gasteiger partial charge in [-0.3, -0.25) is 0 Å². The molecule has 0 spiro atoms. The molecule has 0 aliphatic heterocycles. The van der Waals surface area contributed by atoms with Crippen molar-refractivity contribution in [2.75, 3.05) is 0 Å². The molecule has 2 atom stereocenters. The Morgan fingerprint density at radius 2 is 0.882 bits per heavy atom. The third-order valence-corrected chi connectivity index (χ3v) is 43.3. The quantitative estimate of drug-likeness (QED) is 0.245. The van der Waals surface area contributed by atoms with Crippen LogP contribution in [-0.2, 0) is 17.4 Å². The molecule has 4 aromatic rings. The summed E-state index contributed by atoms with van der Waals surface area (Å²) in [5.41, 5.74) is 4.84. The molecule has 6 rings (SSSR count). The number of fused-ring (bicyclic) bond motifs is 2. The SMILES string of the molecule is [CH3][Zr]([CH3])([CH]1C=Cc2ccccc21)([CH]1C=Cc2ccccc21)=[Si](c1ccccc1)c1ccccc1. The molecule has 2 aliphatic rings. The molecule has 2 heteroatoms. The summed E-state index contributed by atoms with van der Waals surface area (Å²) in [5, 5.41) is 3.12. The van der Waals surface area contributed by atoms with E-state index in [1.807, 2.05) is 0 Å². The van der Waals surface area contributed by atoms with Crippen molar-refractivity contribution in [2.24, 2.45) is 0 Å². The molecule has 0 bridgehead atoms. The number of rotatable bonds is 4. The molecule has 0 fully saturated rings. The van der Waals surface area contributed by atoms with E-state index in [0.717, 1.165) is 0 Å². The van der Waals surface area contributed by atoms with E-state index in [-0.39, 0.29) is 0 Å². The van der Waals surface area contributed by atoms with Gasteiger partial charge >= 0.3 is 205 Å². The molecule has 0 saturated heterocycles. The standard InChI is InChI=1S/C12H10Si.2C9H7.2CH3.Zr/c1-3-7-11(8-4-1)13-12-9-5-2-6-10-12;2*1-2-5-9-7-3-6-8(9)4-1;;;/h1-10H;2*1-7H;2*1H3;. The molecule has 34 heavy (non-hydrogen) atoms. The van der Waals surface area contributed by atoms with E-state index in [2.05, 4.69) is 143 Å². The van der Waals surface area contributed by atoms with Crippen LogP contribution in [0.4, 0.5) is 0 Å². The van der Waals surface area contributed by atoms with Crippen molar-refractivity contribution >= 4 is 28.0 Å². The summed E-state index contributed by atoms with van der Waals surface area (Å²) in [5.74, 6) is 0. The van der Waals surface area contributed by atoms with E-state index < -0.39 is 22.8 Å². The minimum atomic E-state index is -3.85. The molecule has 2 aliphatic carbocycles. The van der Waals surface area contributed by atoms with Gasteiger partial charge < -0.3 is 0 Å². The third-order valence-electron chi connectivity index (χ3n) is 8.43. The van der Waals surface area contributed by atoms with Gasteiger partial charge in [-0.1, -0.05) is 0 Å². The first-order valence-electron chi connectivity index (χ1n) is 12.3. The van der Waals surface area contributed by atoms with Crippen LogP contribution in [0, 0.1) is 0 Å². The van der Waals surface area contributed by atoms with Crippen molar-refractivity contribution in [3.63, 3.8) is 0 Å². The maximum absolute atomic E-state index is 3.85. The minimum absolute atomic E-state index is 0.507. The zero-order chi connectivity index (χ0) is 23.2. The number of benzene rings is 4. The Labute approximate surface area is 204 Å². The number of allylic oxidation sites excluding steroid dienone is 2. The van der Waals surface area contributed by atoms with Gasteiger partial charge in [-0.05, 0) is 0 Å². The Morgan fingerprint density at radius 1 is 0.500 bits per heavy atom. The van der Waals surface area contributed by atoms with E-state index >= 15 is 0 Å². The second kappa shape index (κ2) is 8.29. The Hall–Kier alpha value is -2.54. The summed E-state index contributed by atoms with van der Waals surface area (Å²) in [6, 6.07) is 41.2. The monoisotopic (exact) mass is 532 g/mol. The molecule has 0 amide bonds. The fourth-order valence-electron chi connectivity index (χ4n) is 6.84. The average molecular weight is 534 g/mol. The Morgan fingerprint density at radius 3 is 1.32 bits per heavy atom. The van der Waals surface area contributed by atoms with Crippen molar-refractivity contribution in [2.45, 2.75) is 16.5 Å². The van der Waals surface area contributed by atoms with Crippen molar-refractivity contribution in [1.82, 2.24) is 0 Å². The first-order valence-corrected chi connectivity index (χ1v) is 25.2. The van der Waals surface area contributed by atoms with Gasteiger partial charge in [0.25, 0.3) is 0 Å². The second-order valence-electron chi connectivity index (χ2n) is 10.6. The van der Waals surface area contributed by atoms with Gasteiger partial charge in [-0.2, -0.15) is 0 Å². The first kappa shape index (κ1) is 22.0. The molecule has 0 aromatic heterocycles. The van der Waals surface area contributed by atoms with Crippen LogP contribution in [0.25, 0.3) is 12.2 Å². The fourth-order valence-corrected chi connectivity index (χ4v) is 44.5. The van der Waals surface area contributed by atoms with Gasteiger partial charge in [-0.15, -0.1) is 0 Å². The Bertz CT molecular complexity index is 1390. The maximum atomic E-state index is 2.80. The van der Waals surface area contributed by atoms with E-state index in [1.165, 1.54) is 11.1 Å². The third kappa shape index (κ3) is 3.27. The summed E-state index contributed by atoms with van der Waals surface area (Å²) in [7, 11) is 0. The van der Waals surface area contributed by atoms with Crippen LogP contribution in [0.3, 0.4) is 0 Å². The van der Waals surface area contributed by atoms with Gasteiger partial charge in [0.15, 0.2) is 0 Å². The number of hydrogen-bond donors (Lipinski definition) is 0. The fraction of sp³-hybridized carbons (Fsp3) is 0.125. The van der Waals surface area contributed by atoms with Crippen LogP contribution >= 0.6 is 0 Å².